The number of nitrogens with one attached hydrogen (secondary N) is 3. The summed E-state index contributed by atoms with van der Waals surface area (Å²) in [5, 5.41) is 36.5. The Kier molecular flexibility index (Phi) is 11.6. The van der Waals surface area contributed by atoms with Crippen LogP contribution in [0.25, 0.3) is 0 Å². The first kappa shape index (κ1) is 29.9. The molecule has 0 spiro atoms. The smallest absolute Gasteiger partial charge is 0.326 e. The molecular formula is C24H38N4O7. The lowest BCUT2D eigenvalue weighted by Crippen LogP contribution is -2.60. The second kappa shape index (κ2) is 13.6. The second-order valence-electron chi connectivity index (χ2n) is 9.46. The molecule has 0 aliphatic rings. The van der Waals surface area contributed by atoms with E-state index in [0.29, 0.717) is 5.56 Å². The van der Waals surface area contributed by atoms with Gasteiger partial charge < -0.3 is 37.0 Å². The van der Waals surface area contributed by atoms with Crippen molar-refractivity contribution in [3.05, 3.63) is 29.8 Å². The number of aromatic hydroxyl groups is 1. The third-order valence-electron chi connectivity index (χ3n) is 5.41. The third-order valence-corrected chi connectivity index (χ3v) is 5.41. The minimum absolute atomic E-state index is 0.0264. The number of hydrogen-bond donors (Lipinski definition) is 7. The second-order valence-corrected chi connectivity index (χ2v) is 9.46. The first-order valence-electron chi connectivity index (χ1n) is 11.6. The van der Waals surface area contributed by atoms with Crippen molar-refractivity contribution in [1.29, 1.82) is 0 Å². The number of phenolic OH excluding ortho intramolecular Hbond substituents is 1. The van der Waals surface area contributed by atoms with Gasteiger partial charge in [-0.05, 0) is 42.9 Å². The Balaban J connectivity index is 3.00. The Morgan fingerprint density at radius 3 is 1.86 bits per heavy atom. The summed E-state index contributed by atoms with van der Waals surface area (Å²) < 4.78 is 0. The van der Waals surface area contributed by atoms with Gasteiger partial charge in [-0.2, -0.15) is 0 Å². The zero-order valence-electron chi connectivity index (χ0n) is 20.8. The highest BCUT2D eigenvalue weighted by Crippen LogP contribution is 2.12. The number of phenols is 1. The highest BCUT2D eigenvalue weighted by atomic mass is 16.4. The number of aliphatic hydroxyl groups is 1. The van der Waals surface area contributed by atoms with Gasteiger partial charge in [-0.25, -0.2) is 4.79 Å². The van der Waals surface area contributed by atoms with E-state index in [1.165, 1.54) is 19.1 Å². The predicted octanol–water partition coefficient (Wildman–Crippen LogP) is -0.116. The van der Waals surface area contributed by atoms with E-state index in [-0.39, 0.29) is 30.4 Å². The number of nitrogens with two attached hydrogens (primary N) is 1. The van der Waals surface area contributed by atoms with E-state index < -0.39 is 54.0 Å². The summed E-state index contributed by atoms with van der Waals surface area (Å²) in [6.07, 6.45) is -1.12. The van der Waals surface area contributed by atoms with Crippen molar-refractivity contribution in [3.8, 4) is 5.75 Å². The molecule has 5 atom stereocenters. The number of rotatable bonds is 13. The molecule has 1 rings (SSSR count). The van der Waals surface area contributed by atoms with Gasteiger partial charge >= 0.3 is 5.97 Å². The van der Waals surface area contributed by atoms with Crippen molar-refractivity contribution >= 4 is 23.7 Å². The maximum absolute atomic E-state index is 13.0. The summed E-state index contributed by atoms with van der Waals surface area (Å²) >= 11 is 0. The highest BCUT2D eigenvalue weighted by Gasteiger charge is 2.33. The lowest BCUT2D eigenvalue weighted by molar-refractivity contribution is -0.142. The molecule has 0 aliphatic carbocycles. The first-order chi connectivity index (χ1) is 16.2. The van der Waals surface area contributed by atoms with Gasteiger partial charge in [0.05, 0.1) is 12.1 Å². The van der Waals surface area contributed by atoms with Crippen LogP contribution in [0.5, 0.6) is 5.75 Å². The molecule has 0 saturated heterocycles. The van der Waals surface area contributed by atoms with Gasteiger partial charge in [0.2, 0.25) is 17.7 Å². The van der Waals surface area contributed by atoms with E-state index in [1.54, 1.807) is 26.0 Å². The molecule has 196 valence electrons. The molecule has 0 bridgehead atoms. The van der Waals surface area contributed by atoms with Crippen molar-refractivity contribution in [2.24, 2.45) is 17.6 Å². The van der Waals surface area contributed by atoms with Gasteiger partial charge in [-0.1, -0.05) is 39.8 Å². The number of carbonyl (C=O) groups is 4. The largest absolute Gasteiger partial charge is 0.508 e. The fourth-order valence-corrected chi connectivity index (χ4v) is 3.26. The van der Waals surface area contributed by atoms with Gasteiger partial charge in [0.1, 0.15) is 23.9 Å². The van der Waals surface area contributed by atoms with Crippen molar-refractivity contribution < 1.29 is 34.5 Å². The number of aliphatic hydroxyl groups excluding tert-OH is 1. The van der Waals surface area contributed by atoms with Crippen LogP contribution in [-0.2, 0) is 25.6 Å². The van der Waals surface area contributed by atoms with Gasteiger partial charge in [0.15, 0.2) is 0 Å². The average Bonchev–Trinajstić information content (AvgIpc) is 2.76. The summed E-state index contributed by atoms with van der Waals surface area (Å²) in [5.41, 5.74) is 6.40. The number of hydrogen-bond acceptors (Lipinski definition) is 7. The summed E-state index contributed by atoms with van der Waals surface area (Å²) in [5.74, 6) is -3.61. The maximum atomic E-state index is 13.0. The minimum atomic E-state index is -1.36. The van der Waals surface area contributed by atoms with Crippen LogP contribution < -0.4 is 21.7 Å². The number of aliphatic carboxylic acids is 1. The van der Waals surface area contributed by atoms with Crippen molar-refractivity contribution in [1.82, 2.24) is 16.0 Å². The summed E-state index contributed by atoms with van der Waals surface area (Å²) in [4.78, 5) is 50.0. The maximum Gasteiger partial charge on any atom is 0.326 e. The Labute approximate surface area is 205 Å². The Hall–Kier alpha value is -3.18. The number of carboxylic acid groups (broad SMARTS) is 1. The first-order valence-corrected chi connectivity index (χ1v) is 11.6. The van der Waals surface area contributed by atoms with Crippen molar-refractivity contribution in [2.75, 3.05) is 0 Å². The zero-order valence-corrected chi connectivity index (χ0v) is 20.8. The molecule has 0 aliphatic heterocycles. The highest BCUT2D eigenvalue weighted by molar-refractivity contribution is 5.94. The molecular weight excluding hydrogens is 456 g/mol. The van der Waals surface area contributed by atoms with E-state index in [9.17, 15) is 34.5 Å². The monoisotopic (exact) mass is 494 g/mol. The molecule has 11 nitrogen and oxygen atoms in total. The van der Waals surface area contributed by atoms with Crippen LogP contribution >= 0.6 is 0 Å². The van der Waals surface area contributed by atoms with Gasteiger partial charge in [-0.15, -0.1) is 0 Å². The Morgan fingerprint density at radius 2 is 1.40 bits per heavy atom. The Bertz CT molecular complexity index is 871. The number of amides is 3. The number of carboxylic acids is 1. The standard InChI is InChI=1S/C24H38N4O7/c1-12(2)10-17(26-23(33)20(14(5)29)28-22(32)19(25)13(3)4)21(31)27-18(24(34)35)11-15-6-8-16(30)9-7-15/h6-9,12-14,17-20,29-30H,10-11,25H2,1-5H3,(H,26,33)(H,27,31)(H,28,32)(H,34,35). The van der Waals surface area contributed by atoms with Crippen LogP contribution in [0, 0.1) is 11.8 Å². The molecule has 3 amide bonds. The minimum Gasteiger partial charge on any atom is -0.508 e. The number of benzene rings is 1. The van der Waals surface area contributed by atoms with Gasteiger partial charge in [0.25, 0.3) is 0 Å². The molecule has 1 aromatic rings. The van der Waals surface area contributed by atoms with E-state index >= 15 is 0 Å². The molecule has 11 heteroatoms. The van der Waals surface area contributed by atoms with Crippen LogP contribution in [0.3, 0.4) is 0 Å². The van der Waals surface area contributed by atoms with Crippen LogP contribution in [0.1, 0.15) is 46.6 Å². The topological polar surface area (TPSA) is 191 Å². The SMILES string of the molecule is CC(C)CC(NC(=O)C(NC(=O)C(N)C(C)C)C(C)O)C(=O)NC(Cc1ccc(O)cc1)C(=O)O. The molecule has 0 aromatic heterocycles. The van der Waals surface area contributed by atoms with E-state index in [2.05, 4.69) is 16.0 Å². The Morgan fingerprint density at radius 1 is 0.857 bits per heavy atom. The molecule has 0 heterocycles. The van der Waals surface area contributed by atoms with Crippen molar-refractivity contribution in [3.63, 3.8) is 0 Å². The zero-order chi connectivity index (χ0) is 26.9. The number of carbonyl (C=O) groups excluding carboxylic acids is 3. The molecule has 8 N–H and O–H groups in total. The van der Waals surface area contributed by atoms with Crippen LogP contribution in [0.15, 0.2) is 24.3 Å². The quantitative estimate of drug-likeness (QED) is 0.197. The molecule has 35 heavy (non-hydrogen) atoms. The van der Waals surface area contributed by atoms with Gasteiger partial charge in [0, 0.05) is 6.42 Å². The lowest BCUT2D eigenvalue weighted by atomic mass is 10.00. The van der Waals surface area contributed by atoms with Crippen LogP contribution in [0.4, 0.5) is 0 Å². The molecule has 1 aromatic carbocycles. The fourth-order valence-electron chi connectivity index (χ4n) is 3.26. The normalized spacial score (nSPS) is 15.6. The fraction of sp³-hybridized carbons (Fsp3) is 0.583. The van der Waals surface area contributed by atoms with Crippen molar-refractivity contribution in [2.45, 2.75) is 77.7 Å². The van der Waals surface area contributed by atoms with E-state index in [1.807, 2.05) is 13.8 Å². The molecule has 0 fully saturated rings. The third kappa shape index (κ3) is 9.91. The summed E-state index contributed by atoms with van der Waals surface area (Å²) in [6.45, 7) is 8.45. The lowest BCUT2D eigenvalue weighted by Gasteiger charge is -2.27. The average molecular weight is 495 g/mol. The van der Waals surface area contributed by atoms with Gasteiger partial charge in [-0.3, -0.25) is 14.4 Å². The molecule has 5 unspecified atom stereocenters. The predicted molar refractivity (Wildman–Crippen MR) is 129 cm³/mol. The molecule has 0 saturated carbocycles. The molecule has 0 radical (unpaired) electrons. The summed E-state index contributed by atoms with van der Waals surface area (Å²) in [7, 11) is 0. The van der Waals surface area contributed by atoms with E-state index in [4.69, 9.17) is 5.73 Å². The van der Waals surface area contributed by atoms with E-state index in [0.717, 1.165) is 0 Å². The summed E-state index contributed by atoms with van der Waals surface area (Å²) in [6, 6.07) is 1.26. The van der Waals surface area contributed by atoms with Crippen LogP contribution in [0.2, 0.25) is 0 Å². The van der Waals surface area contributed by atoms with Crippen LogP contribution in [-0.4, -0.2) is 69.3 Å².